The van der Waals surface area contributed by atoms with Crippen LogP contribution in [-0.2, 0) is 0 Å². The molecule has 0 atom stereocenters. The number of phenols is 2. The summed E-state index contributed by atoms with van der Waals surface area (Å²) in [5.74, 6) is -0.337. The van der Waals surface area contributed by atoms with Gasteiger partial charge in [-0.1, -0.05) is 6.92 Å². The second kappa shape index (κ2) is 4.65. The highest BCUT2D eigenvalue weighted by molar-refractivity contribution is 5.97. The Morgan fingerprint density at radius 3 is 2.65 bits per heavy atom. The molecule has 92 valence electrons. The molecule has 1 saturated carbocycles. The number of carbonyl (C=O) groups excluding carboxylic acids is 1. The molecular weight excluding hydrogens is 218 g/mol. The van der Waals surface area contributed by atoms with Crippen molar-refractivity contribution in [3.05, 3.63) is 23.8 Å². The van der Waals surface area contributed by atoms with Gasteiger partial charge in [-0.15, -0.1) is 0 Å². The molecule has 2 N–H and O–H groups in total. The Hall–Kier alpha value is -1.71. The van der Waals surface area contributed by atoms with Gasteiger partial charge < -0.3 is 15.1 Å². The topological polar surface area (TPSA) is 60.8 Å². The first-order valence-corrected chi connectivity index (χ1v) is 5.96. The van der Waals surface area contributed by atoms with Crippen LogP contribution in [0.25, 0.3) is 0 Å². The Labute approximate surface area is 100 Å². The second-order valence-corrected chi connectivity index (χ2v) is 4.43. The van der Waals surface area contributed by atoms with E-state index in [0.717, 1.165) is 19.3 Å². The fraction of sp³-hybridized carbons (Fsp3) is 0.462. The molecule has 1 amide bonds. The van der Waals surface area contributed by atoms with Gasteiger partial charge in [0, 0.05) is 18.7 Å². The van der Waals surface area contributed by atoms with Crippen molar-refractivity contribution < 1.29 is 15.0 Å². The quantitative estimate of drug-likeness (QED) is 0.840. The van der Waals surface area contributed by atoms with Crippen molar-refractivity contribution in [2.24, 2.45) is 0 Å². The summed E-state index contributed by atoms with van der Waals surface area (Å²) in [4.78, 5) is 14.0. The van der Waals surface area contributed by atoms with Crippen molar-refractivity contribution in [2.45, 2.75) is 32.2 Å². The van der Waals surface area contributed by atoms with E-state index in [1.54, 1.807) is 0 Å². The molecule has 0 aromatic heterocycles. The summed E-state index contributed by atoms with van der Waals surface area (Å²) in [5, 5.41) is 18.9. The van der Waals surface area contributed by atoms with E-state index >= 15 is 0 Å². The van der Waals surface area contributed by atoms with Gasteiger partial charge in [0.05, 0.1) is 5.56 Å². The highest BCUT2D eigenvalue weighted by atomic mass is 16.3. The summed E-state index contributed by atoms with van der Waals surface area (Å²) in [6.45, 7) is 2.74. The maximum atomic E-state index is 12.2. The molecule has 1 fully saturated rings. The highest BCUT2D eigenvalue weighted by Gasteiger charge is 2.33. The smallest absolute Gasteiger partial charge is 0.257 e. The molecule has 0 bridgehead atoms. The van der Waals surface area contributed by atoms with E-state index in [9.17, 15) is 15.0 Å². The normalized spacial score (nSPS) is 14.6. The third-order valence-corrected chi connectivity index (χ3v) is 2.92. The van der Waals surface area contributed by atoms with Gasteiger partial charge in [-0.3, -0.25) is 4.79 Å². The number of aromatic hydroxyl groups is 2. The number of carbonyl (C=O) groups is 1. The molecule has 1 aromatic carbocycles. The predicted octanol–water partition coefficient (Wildman–Crippen LogP) is 2.11. The van der Waals surface area contributed by atoms with Crippen LogP contribution in [0.4, 0.5) is 0 Å². The number of amides is 1. The zero-order valence-electron chi connectivity index (χ0n) is 9.89. The van der Waals surface area contributed by atoms with Gasteiger partial charge in [0.15, 0.2) is 0 Å². The maximum absolute atomic E-state index is 12.2. The number of rotatable bonds is 4. The average Bonchev–Trinajstić information content (AvgIpc) is 3.09. The summed E-state index contributed by atoms with van der Waals surface area (Å²) in [6.07, 6.45) is 3.00. The van der Waals surface area contributed by atoms with Crippen molar-refractivity contribution in [1.29, 1.82) is 0 Å². The number of phenolic OH excluding ortho intramolecular Hbond substituents is 2. The molecule has 1 aromatic rings. The molecule has 17 heavy (non-hydrogen) atoms. The third-order valence-electron chi connectivity index (χ3n) is 2.92. The molecule has 4 heteroatoms. The first-order chi connectivity index (χ1) is 8.13. The largest absolute Gasteiger partial charge is 0.508 e. The van der Waals surface area contributed by atoms with Gasteiger partial charge in [0.25, 0.3) is 5.91 Å². The standard InChI is InChI=1S/C13H17NO3/c1-2-7-14(9-3-4-9)13(17)11-6-5-10(15)8-12(11)16/h5-6,8-9,15-16H,2-4,7H2,1H3. The molecule has 0 aliphatic heterocycles. The first-order valence-electron chi connectivity index (χ1n) is 5.96. The number of nitrogens with zero attached hydrogens (tertiary/aromatic N) is 1. The summed E-state index contributed by atoms with van der Waals surface area (Å²) < 4.78 is 0. The van der Waals surface area contributed by atoms with Gasteiger partial charge in [0.1, 0.15) is 11.5 Å². The minimum absolute atomic E-state index is 0.0347. The molecule has 1 aliphatic rings. The van der Waals surface area contributed by atoms with E-state index in [4.69, 9.17) is 0 Å². The molecular formula is C13H17NO3. The Morgan fingerprint density at radius 2 is 2.12 bits per heavy atom. The van der Waals surface area contributed by atoms with Crippen molar-refractivity contribution in [3.8, 4) is 11.5 Å². The van der Waals surface area contributed by atoms with E-state index in [1.807, 2.05) is 11.8 Å². The van der Waals surface area contributed by atoms with Crippen LogP contribution in [0.1, 0.15) is 36.5 Å². The lowest BCUT2D eigenvalue weighted by molar-refractivity contribution is 0.0740. The molecule has 0 unspecified atom stereocenters. The number of hydrogen-bond acceptors (Lipinski definition) is 3. The molecule has 2 rings (SSSR count). The van der Waals surface area contributed by atoms with Crippen LogP contribution in [0.5, 0.6) is 11.5 Å². The van der Waals surface area contributed by atoms with Crippen LogP contribution in [0, 0.1) is 0 Å². The van der Waals surface area contributed by atoms with Crippen molar-refractivity contribution >= 4 is 5.91 Å². The van der Waals surface area contributed by atoms with E-state index in [-0.39, 0.29) is 23.0 Å². The molecule has 0 radical (unpaired) electrons. The minimum Gasteiger partial charge on any atom is -0.508 e. The first kappa shape index (κ1) is 11.8. The number of hydrogen-bond donors (Lipinski definition) is 2. The second-order valence-electron chi connectivity index (χ2n) is 4.43. The van der Waals surface area contributed by atoms with Crippen molar-refractivity contribution in [1.82, 2.24) is 4.90 Å². The predicted molar refractivity (Wildman–Crippen MR) is 64.1 cm³/mol. The molecule has 1 aliphatic carbocycles. The minimum atomic E-state index is -0.156. The zero-order valence-corrected chi connectivity index (χ0v) is 9.89. The summed E-state index contributed by atoms with van der Waals surface area (Å²) >= 11 is 0. The summed E-state index contributed by atoms with van der Waals surface area (Å²) in [7, 11) is 0. The molecule has 4 nitrogen and oxygen atoms in total. The van der Waals surface area contributed by atoms with Crippen LogP contribution in [0.15, 0.2) is 18.2 Å². The van der Waals surface area contributed by atoms with Crippen molar-refractivity contribution in [2.75, 3.05) is 6.54 Å². The van der Waals surface area contributed by atoms with Crippen molar-refractivity contribution in [3.63, 3.8) is 0 Å². The van der Waals surface area contributed by atoms with Crippen LogP contribution in [0.3, 0.4) is 0 Å². The Bertz CT molecular complexity index is 427. The van der Waals surface area contributed by atoms with Crippen LogP contribution in [0.2, 0.25) is 0 Å². The Morgan fingerprint density at radius 1 is 1.41 bits per heavy atom. The van der Waals surface area contributed by atoms with Crippen LogP contribution < -0.4 is 0 Å². The molecule has 0 saturated heterocycles. The fourth-order valence-electron chi connectivity index (χ4n) is 1.93. The van der Waals surface area contributed by atoms with E-state index in [2.05, 4.69) is 0 Å². The lowest BCUT2D eigenvalue weighted by Crippen LogP contribution is -2.33. The van der Waals surface area contributed by atoms with Gasteiger partial charge in [0.2, 0.25) is 0 Å². The van der Waals surface area contributed by atoms with Gasteiger partial charge in [-0.05, 0) is 31.4 Å². The third kappa shape index (κ3) is 2.52. The summed E-state index contributed by atoms with van der Waals surface area (Å²) in [5.41, 5.74) is 0.267. The van der Waals surface area contributed by atoms with Crippen LogP contribution in [-0.4, -0.2) is 33.6 Å². The zero-order chi connectivity index (χ0) is 12.4. The maximum Gasteiger partial charge on any atom is 0.257 e. The number of benzene rings is 1. The fourth-order valence-corrected chi connectivity index (χ4v) is 1.93. The lowest BCUT2D eigenvalue weighted by Gasteiger charge is -2.22. The Kier molecular flexibility index (Phi) is 3.22. The monoisotopic (exact) mass is 235 g/mol. The average molecular weight is 235 g/mol. The summed E-state index contributed by atoms with van der Waals surface area (Å²) in [6, 6.07) is 4.42. The van der Waals surface area contributed by atoms with E-state index in [1.165, 1.54) is 18.2 Å². The van der Waals surface area contributed by atoms with Gasteiger partial charge in [-0.25, -0.2) is 0 Å². The van der Waals surface area contributed by atoms with E-state index in [0.29, 0.717) is 12.6 Å². The van der Waals surface area contributed by atoms with Gasteiger partial charge >= 0.3 is 0 Å². The lowest BCUT2D eigenvalue weighted by atomic mass is 10.1. The highest BCUT2D eigenvalue weighted by Crippen LogP contribution is 2.31. The molecule has 0 spiro atoms. The SMILES string of the molecule is CCCN(C(=O)c1ccc(O)cc1O)C1CC1. The Balaban J connectivity index is 2.22. The van der Waals surface area contributed by atoms with E-state index < -0.39 is 0 Å². The molecule has 0 heterocycles. The van der Waals surface area contributed by atoms with Gasteiger partial charge in [-0.2, -0.15) is 0 Å². The van der Waals surface area contributed by atoms with Crippen LogP contribution >= 0.6 is 0 Å².